The predicted octanol–water partition coefficient (Wildman–Crippen LogP) is 1.85. The van der Waals surface area contributed by atoms with E-state index in [4.69, 9.17) is 0 Å². The van der Waals surface area contributed by atoms with Crippen LogP contribution in [-0.4, -0.2) is 59.6 Å². The molecule has 120 valence electrons. The summed E-state index contributed by atoms with van der Waals surface area (Å²) >= 11 is 0. The summed E-state index contributed by atoms with van der Waals surface area (Å²) in [7, 11) is 2.08. The zero-order valence-electron chi connectivity index (χ0n) is 13.4. The molecule has 2 fully saturated rings. The summed E-state index contributed by atoms with van der Waals surface area (Å²) in [4.78, 5) is 17.3. The van der Waals surface area contributed by atoms with Gasteiger partial charge in [0.05, 0.1) is 11.5 Å². The fraction of sp³-hybridized carbons (Fsp3) is 0.611. The highest BCUT2D eigenvalue weighted by molar-refractivity contribution is 5.85. The minimum Gasteiger partial charge on any atom is -0.389 e. The van der Waals surface area contributed by atoms with E-state index in [1.165, 1.54) is 0 Å². The average molecular weight is 302 g/mol. The maximum absolute atomic E-state index is 13.1. The molecule has 0 spiro atoms. The van der Waals surface area contributed by atoms with E-state index in [1.807, 2.05) is 35.2 Å². The first kappa shape index (κ1) is 15.5. The second-order valence-electron chi connectivity index (χ2n) is 6.78. The van der Waals surface area contributed by atoms with Crippen molar-refractivity contribution in [1.29, 1.82) is 0 Å². The third-order valence-corrected chi connectivity index (χ3v) is 5.20. The number of nitrogens with zero attached hydrogens (tertiary/aromatic N) is 2. The molecule has 4 nitrogen and oxygen atoms in total. The summed E-state index contributed by atoms with van der Waals surface area (Å²) in [5, 5.41) is 11.1. The molecular weight excluding hydrogens is 276 g/mol. The Morgan fingerprint density at radius 3 is 2.27 bits per heavy atom. The number of amides is 1. The lowest BCUT2D eigenvalue weighted by atomic mass is 9.79. The molecule has 0 unspecified atom stereocenters. The summed E-state index contributed by atoms with van der Waals surface area (Å²) in [6.45, 7) is 3.33. The van der Waals surface area contributed by atoms with Crippen molar-refractivity contribution in [3.05, 3.63) is 35.9 Å². The van der Waals surface area contributed by atoms with Gasteiger partial charge in [0.25, 0.3) is 0 Å². The van der Waals surface area contributed by atoms with Gasteiger partial charge >= 0.3 is 0 Å². The maximum atomic E-state index is 13.1. The van der Waals surface area contributed by atoms with Crippen LogP contribution < -0.4 is 0 Å². The first-order chi connectivity index (χ1) is 10.6. The molecule has 1 atom stereocenters. The highest BCUT2D eigenvalue weighted by Crippen LogP contribution is 2.42. The quantitative estimate of drug-likeness (QED) is 0.927. The van der Waals surface area contributed by atoms with Crippen LogP contribution in [0, 0.1) is 0 Å². The average Bonchev–Trinajstić information content (AvgIpc) is 2.96. The number of hydrogen-bond acceptors (Lipinski definition) is 3. The van der Waals surface area contributed by atoms with Crippen molar-refractivity contribution in [2.75, 3.05) is 33.2 Å². The molecule has 1 saturated carbocycles. The normalized spacial score (nSPS) is 23.5. The number of hydrogen-bond donors (Lipinski definition) is 1. The van der Waals surface area contributed by atoms with E-state index in [-0.39, 0.29) is 5.91 Å². The minimum absolute atomic E-state index is 0.101. The van der Waals surface area contributed by atoms with Crippen molar-refractivity contribution in [2.24, 2.45) is 0 Å². The van der Waals surface area contributed by atoms with Crippen molar-refractivity contribution < 1.29 is 9.90 Å². The van der Waals surface area contributed by atoms with Crippen LogP contribution in [0.4, 0.5) is 0 Å². The van der Waals surface area contributed by atoms with Crippen LogP contribution in [0.3, 0.4) is 0 Å². The molecule has 1 aliphatic heterocycles. The smallest absolute Gasteiger partial charge is 0.233 e. The van der Waals surface area contributed by atoms with Crippen molar-refractivity contribution in [3.8, 4) is 0 Å². The Morgan fingerprint density at radius 1 is 1.09 bits per heavy atom. The molecule has 1 saturated heterocycles. The van der Waals surface area contributed by atoms with Crippen molar-refractivity contribution >= 4 is 5.91 Å². The summed E-state index contributed by atoms with van der Waals surface area (Å²) in [5.74, 6) is -0.316. The minimum atomic E-state index is -0.873. The van der Waals surface area contributed by atoms with E-state index < -0.39 is 11.5 Å². The number of carbonyl (C=O) groups excluding carboxylic acids is 1. The lowest BCUT2D eigenvalue weighted by molar-refractivity contribution is -0.141. The molecule has 1 N–H and O–H groups in total. The Hall–Kier alpha value is -1.39. The van der Waals surface area contributed by atoms with Crippen LogP contribution in [-0.2, 0) is 4.79 Å². The summed E-state index contributed by atoms with van der Waals surface area (Å²) in [6.07, 6.45) is 3.48. The molecule has 1 aromatic rings. The molecular formula is C18H26N2O2. The molecule has 0 bridgehead atoms. The van der Waals surface area contributed by atoms with Crippen LogP contribution in [0.2, 0.25) is 0 Å². The second kappa shape index (κ2) is 6.39. The van der Waals surface area contributed by atoms with Gasteiger partial charge in [-0.3, -0.25) is 4.79 Å². The summed E-state index contributed by atoms with van der Waals surface area (Å²) in [6, 6.07) is 9.83. The van der Waals surface area contributed by atoms with Gasteiger partial charge in [0, 0.05) is 26.2 Å². The Kier molecular flexibility index (Phi) is 4.50. The maximum Gasteiger partial charge on any atom is 0.233 e. The summed E-state index contributed by atoms with van der Waals surface area (Å²) in [5.41, 5.74) is 0.0812. The van der Waals surface area contributed by atoms with Gasteiger partial charge in [-0.1, -0.05) is 43.2 Å². The number of likely N-dealkylation sites (N-methyl/N-ethyl adjacent to an activating group) is 1. The van der Waals surface area contributed by atoms with Gasteiger partial charge in [-0.05, 0) is 25.5 Å². The van der Waals surface area contributed by atoms with E-state index in [0.717, 1.165) is 57.4 Å². The number of piperazine rings is 1. The van der Waals surface area contributed by atoms with Crippen molar-refractivity contribution in [1.82, 2.24) is 9.80 Å². The van der Waals surface area contributed by atoms with Gasteiger partial charge in [0.2, 0.25) is 5.91 Å². The molecule has 4 heteroatoms. The first-order valence-corrected chi connectivity index (χ1v) is 8.35. The fourth-order valence-corrected chi connectivity index (χ4v) is 3.81. The zero-order valence-corrected chi connectivity index (χ0v) is 13.4. The molecule has 22 heavy (non-hydrogen) atoms. The molecule has 1 heterocycles. The number of benzene rings is 1. The van der Waals surface area contributed by atoms with Crippen LogP contribution in [0.25, 0.3) is 0 Å². The topological polar surface area (TPSA) is 43.8 Å². The van der Waals surface area contributed by atoms with Crippen LogP contribution in [0.15, 0.2) is 30.3 Å². The summed E-state index contributed by atoms with van der Waals surface area (Å²) < 4.78 is 0. The van der Waals surface area contributed by atoms with Crippen molar-refractivity contribution in [3.63, 3.8) is 0 Å². The Bertz CT molecular complexity index is 503. The van der Waals surface area contributed by atoms with E-state index in [2.05, 4.69) is 11.9 Å². The van der Waals surface area contributed by atoms with Gasteiger partial charge in [-0.25, -0.2) is 0 Å². The molecule has 0 radical (unpaired) electrons. The van der Waals surface area contributed by atoms with Crippen LogP contribution >= 0.6 is 0 Å². The lowest BCUT2D eigenvalue weighted by Crippen LogP contribution is -2.52. The SMILES string of the molecule is CN1CCN(C(=O)[C@@H](c2ccccc2)C2(O)CCCC2)CC1. The van der Waals surface area contributed by atoms with Gasteiger partial charge in [-0.15, -0.1) is 0 Å². The third kappa shape index (κ3) is 3.03. The highest BCUT2D eigenvalue weighted by atomic mass is 16.3. The van der Waals surface area contributed by atoms with Gasteiger partial charge in [0.15, 0.2) is 0 Å². The predicted molar refractivity (Wildman–Crippen MR) is 86.7 cm³/mol. The highest BCUT2D eigenvalue weighted by Gasteiger charge is 2.45. The number of aliphatic hydroxyl groups is 1. The van der Waals surface area contributed by atoms with E-state index in [0.29, 0.717) is 0 Å². The molecule has 0 aromatic heterocycles. The molecule has 1 aliphatic carbocycles. The van der Waals surface area contributed by atoms with E-state index >= 15 is 0 Å². The Morgan fingerprint density at radius 2 is 1.68 bits per heavy atom. The standard InChI is InChI=1S/C18H26N2O2/c1-19-11-13-20(14-12-19)17(21)16(15-7-3-2-4-8-15)18(22)9-5-6-10-18/h2-4,7-8,16,22H,5-6,9-14H2,1H3/t16-/m1/s1. The molecule has 1 amide bonds. The van der Waals surface area contributed by atoms with Gasteiger partial charge in [0.1, 0.15) is 0 Å². The van der Waals surface area contributed by atoms with Gasteiger partial charge in [-0.2, -0.15) is 0 Å². The van der Waals surface area contributed by atoms with Gasteiger partial charge < -0.3 is 14.9 Å². The van der Waals surface area contributed by atoms with E-state index in [9.17, 15) is 9.90 Å². The van der Waals surface area contributed by atoms with Crippen molar-refractivity contribution in [2.45, 2.75) is 37.2 Å². The van der Waals surface area contributed by atoms with Crippen LogP contribution in [0.5, 0.6) is 0 Å². The monoisotopic (exact) mass is 302 g/mol. The van der Waals surface area contributed by atoms with E-state index in [1.54, 1.807) is 0 Å². The third-order valence-electron chi connectivity index (χ3n) is 5.20. The lowest BCUT2D eigenvalue weighted by Gasteiger charge is -2.39. The molecule has 3 rings (SSSR count). The Balaban J connectivity index is 1.87. The zero-order chi connectivity index (χ0) is 15.6. The Labute approximate surface area is 132 Å². The fourth-order valence-electron chi connectivity index (χ4n) is 3.81. The number of rotatable bonds is 3. The molecule has 2 aliphatic rings. The molecule has 1 aromatic carbocycles. The first-order valence-electron chi connectivity index (χ1n) is 8.35. The van der Waals surface area contributed by atoms with Crippen LogP contribution in [0.1, 0.15) is 37.2 Å². The number of carbonyl (C=O) groups is 1. The largest absolute Gasteiger partial charge is 0.389 e. The second-order valence-corrected chi connectivity index (χ2v) is 6.78.